The second-order valence-electron chi connectivity index (χ2n) is 6.94. The number of thiophene rings is 1. The SMILES string of the molecule is O=S(=O)(NC[C@@]12COC[C@@H]1CN(Cc1ccsc1)C2)C1CC1. The van der Waals surface area contributed by atoms with Gasteiger partial charge in [0, 0.05) is 37.5 Å². The first-order valence-corrected chi connectivity index (χ1v) is 10.4. The first kappa shape index (κ1) is 15.1. The fourth-order valence-electron chi connectivity index (χ4n) is 3.69. The zero-order valence-electron chi connectivity index (χ0n) is 12.5. The van der Waals surface area contributed by atoms with E-state index in [9.17, 15) is 8.42 Å². The molecule has 122 valence electrons. The number of likely N-dealkylation sites (tertiary alicyclic amines) is 1. The van der Waals surface area contributed by atoms with E-state index < -0.39 is 10.0 Å². The Morgan fingerprint density at radius 1 is 1.45 bits per heavy atom. The Kier molecular flexibility index (Phi) is 3.81. The number of hydrogen-bond acceptors (Lipinski definition) is 5. The quantitative estimate of drug-likeness (QED) is 0.846. The minimum absolute atomic E-state index is 0.0437. The maximum atomic E-state index is 12.1. The Balaban J connectivity index is 1.42. The van der Waals surface area contributed by atoms with Crippen LogP contribution in [0.25, 0.3) is 0 Å². The number of nitrogens with zero attached hydrogens (tertiary/aromatic N) is 1. The Morgan fingerprint density at radius 3 is 3.05 bits per heavy atom. The van der Waals surface area contributed by atoms with Crippen molar-refractivity contribution in [1.82, 2.24) is 9.62 Å². The average Bonchev–Trinajstić information content (AvgIpc) is 2.95. The van der Waals surface area contributed by atoms with Crippen molar-refractivity contribution in [1.29, 1.82) is 0 Å². The van der Waals surface area contributed by atoms with Crippen LogP contribution in [0, 0.1) is 11.3 Å². The molecule has 1 aliphatic carbocycles. The molecule has 3 fully saturated rings. The van der Waals surface area contributed by atoms with Crippen LogP contribution in [0.2, 0.25) is 0 Å². The highest BCUT2D eigenvalue weighted by Crippen LogP contribution is 2.42. The van der Waals surface area contributed by atoms with Gasteiger partial charge in [0.15, 0.2) is 0 Å². The molecule has 1 saturated carbocycles. The van der Waals surface area contributed by atoms with E-state index in [-0.39, 0.29) is 10.7 Å². The van der Waals surface area contributed by atoms with Gasteiger partial charge >= 0.3 is 0 Å². The smallest absolute Gasteiger partial charge is 0.214 e. The fraction of sp³-hybridized carbons (Fsp3) is 0.733. The third-order valence-corrected chi connectivity index (χ3v) is 7.79. The first-order chi connectivity index (χ1) is 10.6. The molecule has 0 spiro atoms. The predicted molar refractivity (Wildman–Crippen MR) is 86.3 cm³/mol. The molecule has 0 aromatic carbocycles. The lowest BCUT2D eigenvalue weighted by molar-refractivity contribution is 0.128. The summed E-state index contributed by atoms with van der Waals surface area (Å²) in [6.45, 7) is 4.83. The van der Waals surface area contributed by atoms with Crippen LogP contribution < -0.4 is 4.72 Å². The molecule has 1 aromatic rings. The van der Waals surface area contributed by atoms with Crippen LogP contribution in [0.3, 0.4) is 0 Å². The molecule has 0 bridgehead atoms. The largest absolute Gasteiger partial charge is 0.380 e. The molecule has 2 aliphatic heterocycles. The average molecular weight is 342 g/mol. The molecule has 3 aliphatic rings. The highest BCUT2D eigenvalue weighted by atomic mass is 32.2. The molecular formula is C15H22N2O3S2. The summed E-state index contributed by atoms with van der Waals surface area (Å²) < 4.78 is 32.8. The van der Waals surface area contributed by atoms with Gasteiger partial charge in [-0.2, -0.15) is 11.3 Å². The van der Waals surface area contributed by atoms with Crippen LogP contribution in [0.15, 0.2) is 16.8 Å². The van der Waals surface area contributed by atoms with Gasteiger partial charge in [0.25, 0.3) is 0 Å². The maximum absolute atomic E-state index is 12.1. The summed E-state index contributed by atoms with van der Waals surface area (Å²) in [4.78, 5) is 2.45. The van der Waals surface area contributed by atoms with Gasteiger partial charge in [0.05, 0.1) is 18.5 Å². The summed E-state index contributed by atoms with van der Waals surface area (Å²) in [5.74, 6) is 0.438. The predicted octanol–water partition coefficient (Wildman–Crippen LogP) is 1.28. The number of nitrogens with one attached hydrogen (secondary N) is 1. The lowest BCUT2D eigenvalue weighted by Gasteiger charge is -2.27. The second kappa shape index (κ2) is 5.56. The van der Waals surface area contributed by atoms with Crippen molar-refractivity contribution < 1.29 is 13.2 Å². The van der Waals surface area contributed by atoms with Gasteiger partial charge in [-0.25, -0.2) is 13.1 Å². The molecule has 2 saturated heterocycles. The number of ether oxygens (including phenoxy) is 1. The molecule has 0 amide bonds. The van der Waals surface area contributed by atoms with Gasteiger partial charge in [-0.3, -0.25) is 4.90 Å². The molecule has 1 aromatic heterocycles. The van der Waals surface area contributed by atoms with E-state index in [1.165, 1.54) is 5.56 Å². The normalized spacial score (nSPS) is 32.5. The Labute approximate surface area is 135 Å². The van der Waals surface area contributed by atoms with Crippen molar-refractivity contribution in [3.8, 4) is 0 Å². The van der Waals surface area contributed by atoms with E-state index in [0.717, 1.165) is 39.1 Å². The van der Waals surface area contributed by atoms with Crippen molar-refractivity contribution in [3.63, 3.8) is 0 Å². The van der Waals surface area contributed by atoms with E-state index in [0.29, 0.717) is 19.1 Å². The monoisotopic (exact) mass is 342 g/mol. The van der Waals surface area contributed by atoms with Crippen LogP contribution in [0.4, 0.5) is 0 Å². The molecule has 2 atom stereocenters. The van der Waals surface area contributed by atoms with E-state index in [1.54, 1.807) is 11.3 Å². The van der Waals surface area contributed by atoms with E-state index >= 15 is 0 Å². The third-order valence-electron chi connectivity index (χ3n) is 5.17. The van der Waals surface area contributed by atoms with Gasteiger partial charge < -0.3 is 4.74 Å². The van der Waals surface area contributed by atoms with Crippen molar-refractivity contribution in [2.45, 2.75) is 24.6 Å². The van der Waals surface area contributed by atoms with E-state index in [4.69, 9.17) is 4.74 Å². The molecule has 4 rings (SSSR count). The van der Waals surface area contributed by atoms with E-state index in [1.807, 2.05) is 0 Å². The number of fused-ring (bicyclic) bond motifs is 1. The minimum atomic E-state index is -3.11. The lowest BCUT2D eigenvalue weighted by atomic mass is 9.81. The standard InChI is InChI=1S/C15H22N2O3S2/c18-22(19,14-1-2-14)16-9-15-10-17(5-12-3-4-21-8-12)6-13(15)7-20-11-15/h3-4,8,13-14,16H,1-2,5-7,9-11H2/t13-,15+/m0/s1. The maximum Gasteiger partial charge on any atom is 0.214 e. The molecule has 7 heteroatoms. The van der Waals surface area contributed by atoms with Crippen molar-refractivity contribution in [2.24, 2.45) is 11.3 Å². The van der Waals surface area contributed by atoms with Gasteiger partial charge in [0.2, 0.25) is 10.0 Å². The lowest BCUT2D eigenvalue weighted by Crippen LogP contribution is -2.43. The summed E-state index contributed by atoms with van der Waals surface area (Å²) in [7, 11) is -3.11. The third kappa shape index (κ3) is 2.85. The molecule has 22 heavy (non-hydrogen) atoms. The summed E-state index contributed by atoms with van der Waals surface area (Å²) in [5.41, 5.74) is 1.30. The number of hydrogen-bond donors (Lipinski definition) is 1. The van der Waals surface area contributed by atoms with Crippen molar-refractivity contribution in [3.05, 3.63) is 22.4 Å². The van der Waals surface area contributed by atoms with Crippen molar-refractivity contribution >= 4 is 21.4 Å². The van der Waals surface area contributed by atoms with Crippen molar-refractivity contribution in [2.75, 3.05) is 32.8 Å². The Bertz CT molecular complexity index is 627. The van der Waals surface area contributed by atoms with Crippen LogP contribution in [-0.4, -0.2) is 51.4 Å². The minimum Gasteiger partial charge on any atom is -0.380 e. The second-order valence-corrected chi connectivity index (χ2v) is 9.77. The molecule has 3 heterocycles. The Morgan fingerprint density at radius 2 is 2.32 bits per heavy atom. The Hall–Kier alpha value is -0.470. The molecule has 0 unspecified atom stereocenters. The fourth-order valence-corrected chi connectivity index (χ4v) is 5.84. The zero-order chi connectivity index (χ0) is 15.2. The number of sulfonamides is 1. The summed E-state index contributed by atoms with van der Waals surface area (Å²) >= 11 is 1.72. The zero-order valence-corrected chi connectivity index (χ0v) is 14.2. The molecular weight excluding hydrogens is 320 g/mol. The topological polar surface area (TPSA) is 58.6 Å². The summed E-state index contributed by atoms with van der Waals surface area (Å²) in [6, 6.07) is 2.16. The number of rotatable bonds is 6. The molecule has 1 N–H and O–H groups in total. The van der Waals surface area contributed by atoms with Crippen LogP contribution in [0.1, 0.15) is 18.4 Å². The van der Waals surface area contributed by atoms with Gasteiger partial charge in [-0.15, -0.1) is 0 Å². The highest BCUT2D eigenvalue weighted by Gasteiger charge is 2.51. The van der Waals surface area contributed by atoms with Crippen LogP contribution in [-0.2, 0) is 21.3 Å². The van der Waals surface area contributed by atoms with Gasteiger partial charge in [-0.1, -0.05) is 0 Å². The highest BCUT2D eigenvalue weighted by molar-refractivity contribution is 7.90. The van der Waals surface area contributed by atoms with E-state index in [2.05, 4.69) is 26.4 Å². The molecule has 5 nitrogen and oxygen atoms in total. The molecule has 0 radical (unpaired) electrons. The summed E-state index contributed by atoms with van der Waals surface area (Å²) in [5, 5.41) is 4.15. The summed E-state index contributed by atoms with van der Waals surface area (Å²) in [6.07, 6.45) is 1.62. The van der Waals surface area contributed by atoms with Gasteiger partial charge in [0.1, 0.15) is 0 Å². The van der Waals surface area contributed by atoms with Crippen LogP contribution in [0.5, 0.6) is 0 Å². The first-order valence-electron chi connectivity index (χ1n) is 7.87. The van der Waals surface area contributed by atoms with Crippen LogP contribution >= 0.6 is 11.3 Å². The van der Waals surface area contributed by atoms with Gasteiger partial charge in [-0.05, 0) is 35.2 Å².